The average molecular weight is 586 g/mol. The second-order valence-corrected chi connectivity index (χ2v) is 11.4. The van der Waals surface area contributed by atoms with Gasteiger partial charge in [0.2, 0.25) is 17.7 Å². The van der Waals surface area contributed by atoms with Gasteiger partial charge >= 0.3 is 5.97 Å². The first-order valence-electron chi connectivity index (χ1n) is 13.5. The normalized spacial score (nSPS) is 14.3. The van der Waals surface area contributed by atoms with E-state index in [1.165, 1.54) is 24.3 Å². The smallest absolute Gasteiger partial charge is 0.326 e. The maximum atomic E-state index is 13.4. The molecule has 222 valence electrons. The van der Waals surface area contributed by atoms with Crippen LogP contribution in [0.1, 0.15) is 37.9 Å². The lowest BCUT2D eigenvalue weighted by atomic mass is 10.0. The second kappa shape index (κ2) is 15.2. The summed E-state index contributed by atoms with van der Waals surface area (Å²) < 4.78 is 0. The average Bonchev–Trinajstić information content (AvgIpc) is 3.59. The largest absolute Gasteiger partial charge is 0.480 e. The summed E-state index contributed by atoms with van der Waals surface area (Å²) >= 11 is 1.49. The van der Waals surface area contributed by atoms with Gasteiger partial charge in [-0.1, -0.05) is 32.0 Å². The molecule has 0 saturated carbocycles. The Kier molecular flexibility index (Phi) is 11.8. The van der Waals surface area contributed by atoms with Crippen LogP contribution in [0.4, 0.5) is 0 Å². The van der Waals surface area contributed by atoms with Crippen LogP contribution in [0.15, 0.2) is 43.0 Å². The zero-order valence-electron chi connectivity index (χ0n) is 23.5. The van der Waals surface area contributed by atoms with Gasteiger partial charge in [0.1, 0.15) is 18.1 Å². The fraction of sp³-hybridized carbons (Fsp3) is 0.464. The molecule has 2 aromatic heterocycles. The minimum Gasteiger partial charge on any atom is -0.480 e. The molecule has 0 radical (unpaired) electrons. The number of aromatic nitrogens is 3. The van der Waals surface area contributed by atoms with E-state index in [4.69, 9.17) is 5.73 Å². The molecule has 4 atom stereocenters. The van der Waals surface area contributed by atoms with E-state index in [2.05, 4.69) is 30.9 Å². The van der Waals surface area contributed by atoms with Crippen LogP contribution in [-0.2, 0) is 32.0 Å². The van der Waals surface area contributed by atoms with E-state index < -0.39 is 47.9 Å². The van der Waals surface area contributed by atoms with Gasteiger partial charge in [0.15, 0.2) is 0 Å². The summed E-state index contributed by atoms with van der Waals surface area (Å²) in [5.74, 6) is -2.24. The molecule has 3 amide bonds. The summed E-state index contributed by atoms with van der Waals surface area (Å²) in [6, 6.07) is 3.67. The highest BCUT2D eigenvalue weighted by atomic mass is 32.2. The zero-order valence-corrected chi connectivity index (χ0v) is 24.3. The number of nitrogens with two attached hydrogens (primary N) is 1. The monoisotopic (exact) mass is 585 g/mol. The number of hydrogen-bond acceptors (Lipinski definition) is 7. The molecule has 13 heteroatoms. The Hall–Kier alpha value is -3.84. The Morgan fingerprint density at radius 1 is 0.976 bits per heavy atom. The Labute approximate surface area is 243 Å². The third kappa shape index (κ3) is 9.35. The zero-order chi connectivity index (χ0) is 29.9. The number of H-pyrrole nitrogens is 2. The Morgan fingerprint density at radius 3 is 2.32 bits per heavy atom. The number of aliphatic carboxylic acids is 1. The van der Waals surface area contributed by atoms with Crippen molar-refractivity contribution < 1.29 is 24.3 Å². The molecular weight excluding hydrogens is 546 g/mol. The molecule has 0 spiro atoms. The summed E-state index contributed by atoms with van der Waals surface area (Å²) in [5, 5.41) is 18.7. The van der Waals surface area contributed by atoms with E-state index in [9.17, 15) is 24.3 Å². The lowest BCUT2D eigenvalue weighted by Crippen LogP contribution is -2.57. The highest BCUT2D eigenvalue weighted by Crippen LogP contribution is 2.19. The number of nitrogens with zero attached hydrogens (tertiary/aromatic N) is 1. The molecule has 0 aliphatic rings. The van der Waals surface area contributed by atoms with Crippen molar-refractivity contribution in [3.05, 3.63) is 54.2 Å². The summed E-state index contributed by atoms with van der Waals surface area (Å²) in [6.45, 7) is 3.84. The number of aromatic amines is 2. The molecule has 0 fully saturated rings. The maximum Gasteiger partial charge on any atom is 0.326 e. The number of amides is 3. The predicted molar refractivity (Wildman–Crippen MR) is 158 cm³/mol. The van der Waals surface area contributed by atoms with Gasteiger partial charge in [-0.25, -0.2) is 9.78 Å². The summed E-state index contributed by atoms with van der Waals surface area (Å²) in [7, 11) is 0. The van der Waals surface area contributed by atoms with Crippen molar-refractivity contribution in [2.45, 2.75) is 63.7 Å². The van der Waals surface area contributed by atoms with E-state index in [1.54, 1.807) is 0 Å². The molecule has 3 rings (SSSR count). The fourth-order valence-corrected chi connectivity index (χ4v) is 4.95. The van der Waals surface area contributed by atoms with Crippen molar-refractivity contribution in [2.75, 3.05) is 12.0 Å². The molecule has 12 nitrogen and oxygen atoms in total. The van der Waals surface area contributed by atoms with Gasteiger partial charge in [-0.05, 0) is 48.8 Å². The number of carboxylic acid groups (broad SMARTS) is 1. The van der Waals surface area contributed by atoms with Gasteiger partial charge in [-0.2, -0.15) is 11.8 Å². The Balaban J connectivity index is 1.68. The minimum absolute atomic E-state index is 0.00458. The standard InChI is InChI=1S/C28H39N7O5S/c1-16(2)10-23(34-25(36)20(29)11-17-13-31-21-7-5-4-6-19(17)21)27(38)33-22(8-9-41-3)26(37)35-24(28(39)40)12-18-14-30-15-32-18/h4-7,13-16,20,22-24,31H,8-12,29H2,1-3H3,(H,30,32)(H,33,38)(H,34,36)(H,35,37)(H,39,40). The van der Waals surface area contributed by atoms with Gasteiger partial charge < -0.3 is 36.8 Å². The molecule has 8 N–H and O–H groups in total. The van der Waals surface area contributed by atoms with Crippen LogP contribution < -0.4 is 21.7 Å². The van der Waals surface area contributed by atoms with Crippen molar-refractivity contribution in [2.24, 2.45) is 11.7 Å². The molecule has 0 bridgehead atoms. The van der Waals surface area contributed by atoms with Crippen molar-refractivity contribution in [1.29, 1.82) is 0 Å². The number of fused-ring (bicyclic) bond motifs is 1. The fourth-order valence-electron chi connectivity index (χ4n) is 4.48. The van der Waals surface area contributed by atoms with Crippen LogP contribution >= 0.6 is 11.8 Å². The molecule has 1 aromatic carbocycles. The number of carboxylic acids is 1. The molecule has 2 heterocycles. The summed E-state index contributed by atoms with van der Waals surface area (Å²) in [5.41, 5.74) is 8.63. The number of imidazole rings is 1. The van der Waals surface area contributed by atoms with E-state index in [-0.39, 0.29) is 25.2 Å². The van der Waals surface area contributed by atoms with Crippen LogP contribution in [0.2, 0.25) is 0 Å². The van der Waals surface area contributed by atoms with E-state index in [1.807, 2.05) is 50.6 Å². The van der Waals surface area contributed by atoms with Crippen LogP contribution in [-0.4, -0.2) is 79.9 Å². The van der Waals surface area contributed by atoms with Crippen LogP contribution in [0.3, 0.4) is 0 Å². The number of carbonyl (C=O) groups excluding carboxylic acids is 3. The molecule has 41 heavy (non-hydrogen) atoms. The molecule has 3 aromatic rings. The quantitative estimate of drug-likeness (QED) is 0.131. The number of benzene rings is 1. The number of carbonyl (C=O) groups is 4. The third-order valence-corrected chi connectivity index (χ3v) is 7.27. The van der Waals surface area contributed by atoms with Crippen molar-refractivity contribution in [3.8, 4) is 0 Å². The van der Waals surface area contributed by atoms with E-state index in [0.29, 0.717) is 17.9 Å². The predicted octanol–water partition coefficient (Wildman–Crippen LogP) is 1.34. The first kappa shape index (κ1) is 31.7. The van der Waals surface area contributed by atoms with Crippen molar-refractivity contribution >= 4 is 46.4 Å². The van der Waals surface area contributed by atoms with Gasteiger partial charge in [0.25, 0.3) is 0 Å². The van der Waals surface area contributed by atoms with Crippen LogP contribution in [0.25, 0.3) is 10.9 Å². The van der Waals surface area contributed by atoms with Gasteiger partial charge in [-0.3, -0.25) is 14.4 Å². The number of rotatable bonds is 16. The van der Waals surface area contributed by atoms with E-state index in [0.717, 1.165) is 16.5 Å². The maximum absolute atomic E-state index is 13.4. The molecule has 4 unspecified atom stereocenters. The summed E-state index contributed by atoms with van der Waals surface area (Å²) in [6.07, 6.45) is 7.48. The molecular formula is C28H39N7O5S. The van der Waals surface area contributed by atoms with Crippen LogP contribution in [0.5, 0.6) is 0 Å². The highest BCUT2D eigenvalue weighted by Gasteiger charge is 2.31. The molecule has 0 aliphatic carbocycles. The Bertz CT molecular complexity index is 1310. The second-order valence-electron chi connectivity index (χ2n) is 10.4. The van der Waals surface area contributed by atoms with Gasteiger partial charge in [-0.15, -0.1) is 0 Å². The number of nitrogens with one attached hydrogen (secondary N) is 5. The molecule has 0 aliphatic heterocycles. The number of para-hydroxylation sites is 1. The Morgan fingerprint density at radius 2 is 1.66 bits per heavy atom. The van der Waals surface area contributed by atoms with Gasteiger partial charge in [0.05, 0.1) is 12.4 Å². The molecule has 0 saturated heterocycles. The van der Waals surface area contributed by atoms with Crippen LogP contribution in [0, 0.1) is 5.92 Å². The van der Waals surface area contributed by atoms with Crippen molar-refractivity contribution in [1.82, 2.24) is 30.9 Å². The number of hydrogen-bond donors (Lipinski definition) is 7. The number of thioether (sulfide) groups is 1. The topological polar surface area (TPSA) is 195 Å². The highest BCUT2D eigenvalue weighted by molar-refractivity contribution is 7.98. The SMILES string of the molecule is CSCCC(NC(=O)C(CC(C)C)NC(=O)C(N)Cc1c[nH]c2ccccc12)C(=O)NC(Cc1cnc[nH]1)C(=O)O. The lowest BCUT2D eigenvalue weighted by molar-refractivity contribution is -0.142. The van der Waals surface area contributed by atoms with Gasteiger partial charge in [0, 0.05) is 35.4 Å². The lowest BCUT2D eigenvalue weighted by Gasteiger charge is -2.26. The summed E-state index contributed by atoms with van der Waals surface area (Å²) in [4.78, 5) is 61.3. The minimum atomic E-state index is -1.22. The third-order valence-electron chi connectivity index (χ3n) is 6.63. The first-order chi connectivity index (χ1) is 19.6. The van der Waals surface area contributed by atoms with E-state index >= 15 is 0 Å². The van der Waals surface area contributed by atoms with Crippen molar-refractivity contribution in [3.63, 3.8) is 0 Å². The first-order valence-corrected chi connectivity index (χ1v) is 14.9.